The van der Waals surface area contributed by atoms with E-state index in [4.69, 9.17) is 4.74 Å². The molecular weight excluding hydrogens is 608 g/mol. The first-order valence-corrected chi connectivity index (χ1v) is 16.8. The van der Waals surface area contributed by atoms with Gasteiger partial charge in [-0.1, -0.05) is 80.6 Å². The molecule has 254 valence electrons. The Hall–Kier alpha value is -4.35. The van der Waals surface area contributed by atoms with E-state index in [1.165, 1.54) is 0 Å². The van der Waals surface area contributed by atoms with Crippen molar-refractivity contribution in [2.24, 2.45) is 23.7 Å². The van der Waals surface area contributed by atoms with Gasteiger partial charge in [0.15, 0.2) is 0 Å². The second-order valence-corrected chi connectivity index (χ2v) is 14.0. The van der Waals surface area contributed by atoms with Crippen molar-refractivity contribution in [2.75, 3.05) is 19.7 Å². The van der Waals surface area contributed by atoms with Crippen molar-refractivity contribution < 1.29 is 24.2 Å². The first-order chi connectivity index (χ1) is 23.0. The average Bonchev–Trinajstić information content (AvgIpc) is 3.74. The fourth-order valence-corrected chi connectivity index (χ4v) is 8.43. The van der Waals surface area contributed by atoms with E-state index in [9.17, 15) is 14.7 Å². The molecule has 2 aromatic carbocycles. The highest BCUT2D eigenvalue weighted by Gasteiger charge is 2.80. The number of benzene rings is 2. The SMILES string of the molecule is C=CCN(Cn1nnc2ccccc21)C(=O)C1N([C@@H](CO)C(C)C)C(=O)[C@@H]2[C@H](C(=O)N(CC=C)Cc3ccccc3)[C@@]3(C)OC12CC3C. The summed E-state index contributed by atoms with van der Waals surface area (Å²) in [6, 6.07) is 15.5. The maximum Gasteiger partial charge on any atom is 0.250 e. The molecule has 2 bridgehead atoms. The Bertz CT molecular complexity index is 1710. The molecule has 3 amide bonds. The Labute approximate surface area is 281 Å². The van der Waals surface area contributed by atoms with Crippen LogP contribution in [0, 0.1) is 23.7 Å². The second-order valence-electron chi connectivity index (χ2n) is 14.0. The number of rotatable bonds is 13. The van der Waals surface area contributed by atoms with Gasteiger partial charge in [0.25, 0.3) is 0 Å². The topological polar surface area (TPSA) is 121 Å². The molecule has 1 N–H and O–H groups in total. The van der Waals surface area contributed by atoms with Crippen molar-refractivity contribution in [2.45, 2.75) is 70.6 Å². The van der Waals surface area contributed by atoms with Gasteiger partial charge in [0.05, 0.1) is 35.6 Å². The summed E-state index contributed by atoms with van der Waals surface area (Å²) in [5, 5.41) is 19.3. The molecule has 7 atom stereocenters. The van der Waals surface area contributed by atoms with Gasteiger partial charge in [-0.2, -0.15) is 0 Å². The van der Waals surface area contributed by atoms with Crippen LogP contribution in [-0.4, -0.2) is 95.5 Å². The summed E-state index contributed by atoms with van der Waals surface area (Å²) in [7, 11) is 0. The quantitative estimate of drug-likeness (QED) is 0.280. The maximum atomic E-state index is 15.0. The van der Waals surface area contributed by atoms with Gasteiger partial charge >= 0.3 is 0 Å². The van der Waals surface area contributed by atoms with Crippen LogP contribution >= 0.6 is 0 Å². The fraction of sp³-hybridized carbons (Fsp3) is 0.486. The third-order valence-electron chi connectivity index (χ3n) is 10.8. The summed E-state index contributed by atoms with van der Waals surface area (Å²) < 4.78 is 8.66. The van der Waals surface area contributed by atoms with Gasteiger partial charge in [-0.15, -0.1) is 18.3 Å². The number of ether oxygens (including phenoxy) is 1. The zero-order valence-electron chi connectivity index (χ0n) is 28.2. The number of carbonyl (C=O) groups excluding carboxylic acids is 3. The standard InChI is InChI=1S/C37H46N6O5/c1-7-18-40(21-26-14-10-9-11-15-26)33(45)30-31-34(46)43(29(22-44)24(3)4)32(37(31)20-25(5)36(30,6)48-37)35(47)41(19-8-2)23-42-28-17-13-12-16-27(28)38-39-42/h7-17,24-25,29-32,44H,1-2,18-23H2,3-6H3/t25?,29-,30+,31-,32?,36-,37?/m0/s1. The van der Waals surface area contributed by atoms with Gasteiger partial charge < -0.3 is 24.5 Å². The van der Waals surface area contributed by atoms with Crippen molar-refractivity contribution in [3.8, 4) is 0 Å². The lowest BCUT2D eigenvalue weighted by Crippen LogP contribution is -2.60. The van der Waals surface area contributed by atoms with Crippen LogP contribution in [0.4, 0.5) is 0 Å². The van der Waals surface area contributed by atoms with Crippen molar-refractivity contribution in [3.05, 3.63) is 85.5 Å². The molecule has 3 aliphatic rings. The summed E-state index contributed by atoms with van der Waals surface area (Å²) in [6.45, 7) is 16.1. The molecule has 0 radical (unpaired) electrons. The van der Waals surface area contributed by atoms with E-state index >= 15 is 4.79 Å². The zero-order chi connectivity index (χ0) is 34.4. The second kappa shape index (κ2) is 12.9. The highest BCUT2D eigenvalue weighted by Crippen LogP contribution is 2.66. The number of hydrogen-bond donors (Lipinski definition) is 1. The van der Waals surface area contributed by atoms with Crippen LogP contribution in [0.3, 0.4) is 0 Å². The predicted octanol–water partition coefficient (Wildman–Crippen LogP) is 3.65. The van der Waals surface area contributed by atoms with Gasteiger partial charge in [0.2, 0.25) is 17.7 Å². The molecule has 3 aliphatic heterocycles. The molecule has 3 aromatic rings. The fourth-order valence-electron chi connectivity index (χ4n) is 8.43. The zero-order valence-corrected chi connectivity index (χ0v) is 28.2. The first-order valence-electron chi connectivity index (χ1n) is 16.8. The number of fused-ring (bicyclic) bond motifs is 2. The summed E-state index contributed by atoms with van der Waals surface area (Å²) in [5.74, 6) is -2.94. The smallest absolute Gasteiger partial charge is 0.250 e. The van der Waals surface area contributed by atoms with Gasteiger partial charge in [-0.25, -0.2) is 4.68 Å². The Morgan fingerprint density at radius 3 is 2.40 bits per heavy atom. The lowest BCUT2D eigenvalue weighted by molar-refractivity contribution is -0.159. The summed E-state index contributed by atoms with van der Waals surface area (Å²) in [4.78, 5) is 49.5. The van der Waals surface area contributed by atoms with Gasteiger partial charge in [-0.3, -0.25) is 14.4 Å². The molecule has 11 heteroatoms. The number of para-hydroxylation sites is 1. The van der Waals surface area contributed by atoms with Gasteiger partial charge in [-0.05, 0) is 42.9 Å². The number of carbonyl (C=O) groups is 3. The van der Waals surface area contributed by atoms with Crippen molar-refractivity contribution in [1.82, 2.24) is 29.7 Å². The van der Waals surface area contributed by atoms with E-state index in [2.05, 4.69) is 23.5 Å². The number of hydrogen-bond acceptors (Lipinski definition) is 7. The van der Waals surface area contributed by atoms with Crippen molar-refractivity contribution in [3.63, 3.8) is 0 Å². The lowest BCUT2D eigenvalue weighted by atomic mass is 9.62. The minimum atomic E-state index is -1.28. The van der Waals surface area contributed by atoms with Crippen LogP contribution in [0.15, 0.2) is 79.9 Å². The highest BCUT2D eigenvalue weighted by atomic mass is 16.5. The summed E-state index contributed by atoms with van der Waals surface area (Å²) >= 11 is 0. The molecule has 11 nitrogen and oxygen atoms in total. The Balaban J connectivity index is 1.43. The van der Waals surface area contributed by atoms with Crippen LogP contribution in [0.25, 0.3) is 11.0 Å². The monoisotopic (exact) mass is 654 g/mol. The third-order valence-corrected chi connectivity index (χ3v) is 10.8. The number of amides is 3. The largest absolute Gasteiger partial charge is 0.394 e. The average molecular weight is 655 g/mol. The lowest BCUT2D eigenvalue weighted by Gasteiger charge is -2.40. The summed E-state index contributed by atoms with van der Waals surface area (Å²) in [5.41, 5.74) is 0.145. The van der Waals surface area contributed by atoms with Crippen molar-refractivity contribution in [1.29, 1.82) is 0 Å². The molecule has 48 heavy (non-hydrogen) atoms. The van der Waals surface area contributed by atoms with E-state index in [0.717, 1.165) is 11.1 Å². The minimum absolute atomic E-state index is 0.0650. The Morgan fingerprint density at radius 2 is 1.73 bits per heavy atom. The van der Waals surface area contributed by atoms with E-state index in [0.29, 0.717) is 25.0 Å². The number of likely N-dealkylation sites (tertiary alicyclic amines) is 1. The molecule has 1 spiro atoms. The number of aromatic nitrogens is 3. The van der Waals surface area contributed by atoms with Gasteiger partial charge in [0, 0.05) is 19.6 Å². The predicted molar refractivity (Wildman–Crippen MR) is 181 cm³/mol. The van der Waals surface area contributed by atoms with Crippen molar-refractivity contribution >= 4 is 28.8 Å². The number of aliphatic hydroxyl groups is 1. The van der Waals surface area contributed by atoms with E-state index in [1.807, 2.05) is 82.3 Å². The van der Waals surface area contributed by atoms with Crippen LogP contribution < -0.4 is 0 Å². The Morgan fingerprint density at radius 1 is 1.06 bits per heavy atom. The molecule has 0 aliphatic carbocycles. The van der Waals surface area contributed by atoms with E-state index in [1.54, 1.807) is 31.5 Å². The first kappa shape index (κ1) is 33.5. The van der Waals surface area contributed by atoms with E-state index in [-0.39, 0.29) is 49.4 Å². The molecular formula is C37H46N6O5. The number of nitrogens with zero attached hydrogens (tertiary/aromatic N) is 6. The van der Waals surface area contributed by atoms with Crippen LogP contribution in [0.1, 0.15) is 39.7 Å². The van der Waals surface area contributed by atoms with Crippen LogP contribution in [0.5, 0.6) is 0 Å². The van der Waals surface area contributed by atoms with Gasteiger partial charge in [0.1, 0.15) is 23.8 Å². The highest BCUT2D eigenvalue weighted by molar-refractivity contribution is 5.99. The molecule has 6 rings (SSSR count). The minimum Gasteiger partial charge on any atom is -0.394 e. The Kier molecular flexibility index (Phi) is 9.04. The molecule has 0 saturated carbocycles. The summed E-state index contributed by atoms with van der Waals surface area (Å²) in [6.07, 6.45) is 3.74. The third kappa shape index (κ3) is 5.24. The maximum absolute atomic E-state index is 15.0. The molecule has 3 unspecified atom stereocenters. The van der Waals surface area contributed by atoms with Crippen LogP contribution in [-0.2, 0) is 32.3 Å². The molecule has 1 aromatic heterocycles. The van der Waals surface area contributed by atoms with E-state index < -0.39 is 35.1 Å². The molecule has 3 saturated heterocycles. The normalized spacial score (nSPS) is 28.1. The number of aliphatic hydroxyl groups excluding tert-OH is 1. The molecule has 4 heterocycles. The van der Waals surface area contributed by atoms with Crippen LogP contribution in [0.2, 0.25) is 0 Å². The molecule has 3 fully saturated rings.